The van der Waals surface area contributed by atoms with Gasteiger partial charge in [0.25, 0.3) is 0 Å². The molecule has 1 fully saturated rings. The molecule has 0 aliphatic carbocycles. The average Bonchev–Trinajstić information content (AvgIpc) is 2.43. The first kappa shape index (κ1) is 13.5. The van der Waals surface area contributed by atoms with Gasteiger partial charge in [0, 0.05) is 18.1 Å². The normalized spacial score (nSPS) is 22.6. The number of hydrogen-bond acceptors (Lipinski definition) is 3. The molecule has 1 heterocycles. The topological polar surface area (TPSA) is 52.6 Å². The summed E-state index contributed by atoms with van der Waals surface area (Å²) < 4.78 is 0. The van der Waals surface area contributed by atoms with Gasteiger partial charge in [0.15, 0.2) is 0 Å². The molecule has 1 saturated heterocycles. The Kier molecular flexibility index (Phi) is 4.33. The van der Waals surface area contributed by atoms with E-state index in [1.807, 2.05) is 13.8 Å². The summed E-state index contributed by atoms with van der Waals surface area (Å²) in [5.74, 6) is -0.753. The second-order valence-electron chi connectivity index (χ2n) is 5.57. The van der Waals surface area contributed by atoms with Gasteiger partial charge >= 0.3 is 5.97 Å². The highest BCUT2D eigenvalue weighted by Gasteiger charge is 2.34. The molecule has 1 unspecified atom stereocenters. The van der Waals surface area contributed by atoms with Gasteiger partial charge in [-0.3, -0.25) is 9.69 Å². The molecule has 0 aromatic rings. The molecule has 0 radical (unpaired) electrons. The number of nitrogens with zero attached hydrogens (tertiary/aromatic N) is 1. The van der Waals surface area contributed by atoms with Crippen LogP contribution < -0.4 is 5.32 Å². The lowest BCUT2D eigenvalue weighted by Gasteiger charge is -2.34. The molecule has 0 spiro atoms. The predicted octanol–water partition coefficient (Wildman–Crippen LogP) is 1.31. The zero-order valence-corrected chi connectivity index (χ0v) is 10.8. The lowest BCUT2D eigenvalue weighted by Crippen LogP contribution is -2.52. The number of likely N-dealkylation sites (tertiary alicyclic amines) is 1. The highest BCUT2D eigenvalue weighted by molar-refractivity contribution is 5.73. The Balaban J connectivity index is 2.58. The third kappa shape index (κ3) is 3.46. The zero-order chi connectivity index (χ0) is 12.3. The van der Waals surface area contributed by atoms with Crippen LogP contribution in [0.3, 0.4) is 0 Å². The van der Waals surface area contributed by atoms with Crippen molar-refractivity contribution < 1.29 is 9.90 Å². The quantitative estimate of drug-likeness (QED) is 0.745. The summed E-state index contributed by atoms with van der Waals surface area (Å²) in [6, 6.07) is -0.260. The maximum Gasteiger partial charge on any atom is 0.322 e. The van der Waals surface area contributed by atoms with Crippen LogP contribution in [0.15, 0.2) is 0 Å². The number of nitrogens with one attached hydrogen (secondary N) is 1. The van der Waals surface area contributed by atoms with Crippen molar-refractivity contribution in [3.63, 3.8) is 0 Å². The highest BCUT2D eigenvalue weighted by atomic mass is 16.4. The third-order valence-corrected chi connectivity index (χ3v) is 3.31. The van der Waals surface area contributed by atoms with Gasteiger partial charge in [0.2, 0.25) is 0 Å². The Morgan fingerprint density at radius 2 is 2.12 bits per heavy atom. The van der Waals surface area contributed by atoms with Crippen molar-refractivity contribution in [1.29, 1.82) is 0 Å². The summed E-state index contributed by atoms with van der Waals surface area (Å²) in [7, 11) is 0. The molecular weight excluding hydrogens is 204 g/mol. The standard InChI is InChI=1S/C12H24N2O2/c1-9(2)13-10(11(15)16)8-14-7-5-6-12(14,3)4/h9-10,13H,5-8H2,1-4H3,(H,15,16). The number of carboxylic acids is 1. The molecule has 0 bridgehead atoms. The van der Waals surface area contributed by atoms with E-state index in [4.69, 9.17) is 5.11 Å². The SMILES string of the molecule is CC(C)NC(CN1CCCC1(C)C)C(=O)O. The number of hydrogen-bond donors (Lipinski definition) is 2. The monoisotopic (exact) mass is 228 g/mol. The van der Waals surface area contributed by atoms with Crippen molar-refractivity contribution in [1.82, 2.24) is 10.2 Å². The van der Waals surface area contributed by atoms with Crippen molar-refractivity contribution in [2.75, 3.05) is 13.1 Å². The van der Waals surface area contributed by atoms with Crippen LogP contribution >= 0.6 is 0 Å². The zero-order valence-electron chi connectivity index (χ0n) is 10.8. The Hall–Kier alpha value is -0.610. The van der Waals surface area contributed by atoms with Crippen LogP contribution in [0, 0.1) is 0 Å². The van der Waals surface area contributed by atoms with Gasteiger partial charge < -0.3 is 10.4 Å². The van der Waals surface area contributed by atoms with E-state index in [1.54, 1.807) is 0 Å². The van der Waals surface area contributed by atoms with Crippen molar-refractivity contribution in [2.45, 2.75) is 58.2 Å². The molecule has 94 valence electrons. The smallest absolute Gasteiger partial charge is 0.322 e. The van der Waals surface area contributed by atoms with Crippen molar-refractivity contribution >= 4 is 5.97 Å². The van der Waals surface area contributed by atoms with Gasteiger partial charge in [-0.25, -0.2) is 0 Å². The predicted molar refractivity (Wildman–Crippen MR) is 64.6 cm³/mol. The van der Waals surface area contributed by atoms with Gasteiger partial charge in [0.1, 0.15) is 6.04 Å². The van der Waals surface area contributed by atoms with Gasteiger partial charge in [0.05, 0.1) is 0 Å². The van der Waals surface area contributed by atoms with Crippen molar-refractivity contribution in [2.24, 2.45) is 0 Å². The molecule has 1 rings (SSSR count). The maximum atomic E-state index is 11.1. The Labute approximate surface area is 98.0 Å². The number of carboxylic acid groups (broad SMARTS) is 1. The third-order valence-electron chi connectivity index (χ3n) is 3.31. The van der Waals surface area contributed by atoms with Crippen LogP contribution in [-0.2, 0) is 4.79 Å². The lowest BCUT2D eigenvalue weighted by atomic mass is 10.0. The molecule has 0 amide bonds. The van der Waals surface area contributed by atoms with Gasteiger partial charge in [-0.1, -0.05) is 13.8 Å². The summed E-state index contributed by atoms with van der Waals surface area (Å²) >= 11 is 0. The minimum atomic E-state index is -0.753. The van der Waals surface area contributed by atoms with Crippen LogP contribution in [0.4, 0.5) is 0 Å². The number of rotatable bonds is 5. The second kappa shape index (κ2) is 5.15. The molecule has 0 saturated carbocycles. The van der Waals surface area contributed by atoms with E-state index in [1.165, 1.54) is 6.42 Å². The molecule has 1 atom stereocenters. The van der Waals surface area contributed by atoms with Gasteiger partial charge in [-0.05, 0) is 33.2 Å². The van der Waals surface area contributed by atoms with Gasteiger partial charge in [-0.2, -0.15) is 0 Å². The van der Waals surface area contributed by atoms with Gasteiger partial charge in [-0.15, -0.1) is 0 Å². The van der Waals surface area contributed by atoms with E-state index in [0.717, 1.165) is 13.0 Å². The number of aliphatic carboxylic acids is 1. The molecule has 0 aromatic heterocycles. The van der Waals surface area contributed by atoms with Crippen LogP contribution in [-0.4, -0.2) is 46.7 Å². The van der Waals surface area contributed by atoms with Crippen molar-refractivity contribution in [3.05, 3.63) is 0 Å². The molecule has 16 heavy (non-hydrogen) atoms. The van der Waals surface area contributed by atoms with E-state index in [0.29, 0.717) is 6.54 Å². The van der Waals surface area contributed by atoms with Crippen LogP contribution in [0.1, 0.15) is 40.5 Å². The molecule has 1 aliphatic rings. The molecular formula is C12H24N2O2. The van der Waals surface area contributed by atoms with Crippen LogP contribution in [0.25, 0.3) is 0 Å². The minimum absolute atomic E-state index is 0.145. The van der Waals surface area contributed by atoms with E-state index >= 15 is 0 Å². The average molecular weight is 228 g/mol. The first-order valence-corrected chi connectivity index (χ1v) is 6.07. The maximum absolute atomic E-state index is 11.1. The minimum Gasteiger partial charge on any atom is -0.480 e. The van der Waals surface area contributed by atoms with E-state index in [-0.39, 0.29) is 11.6 Å². The molecule has 0 aromatic carbocycles. The Bertz CT molecular complexity index is 251. The number of carbonyl (C=O) groups is 1. The fraction of sp³-hybridized carbons (Fsp3) is 0.917. The fourth-order valence-corrected chi connectivity index (χ4v) is 2.33. The van der Waals surface area contributed by atoms with E-state index in [2.05, 4.69) is 24.1 Å². The van der Waals surface area contributed by atoms with E-state index < -0.39 is 12.0 Å². The first-order valence-electron chi connectivity index (χ1n) is 6.07. The molecule has 4 heteroatoms. The van der Waals surface area contributed by atoms with Crippen LogP contribution in [0.2, 0.25) is 0 Å². The van der Waals surface area contributed by atoms with Crippen LogP contribution in [0.5, 0.6) is 0 Å². The summed E-state index contributed by atoms with van der Waals surface area (Å²) in [5, 5.41) is 12.3. The summed E-state index contributed by atoms with van der Waals surface area (Å²) in [4.78, 5) is 13.4. The molecule has 4 nitrogen and oxygen atoms in total. The largest absolute Gasteiger partial charge is 0.480 e. The van der Waals surface area contributed by atoms with E-state index in [9.17, 15) is 4.79 Å². The highest BCUT2D eigenvalue weighted by Crippen LogP contribution is 2.27. The molecule has 1 aliphatic heterocycles. The Morgan fingerprint density at radius 1 is 1.50 bits per heavy atom. The fourth-order valence-electron chi connectivity index (χ4n) is 2.33. The summed E-state index contributed by atoms with van der Waals surface area (Å²) in [5.41, 5.74) is 0.145. The summed E-state index contributed by atoms with van der Waals surface area (Å²) in [6.07, 6.45) is 2.32. The summed E-state index contributed by atoms with van der Waals surface area (Å²) in [6.45, 7) is 9.94. The molecule has 2 N–H and O–H groups in total. The second-order valence-corrected chi connectivity index (χ2v) is 5.57. The van der Waals surface area contributed by atoms with Crippen molar-refractivity contribution in [3.8, 4) is 0 Å². The Morgan fingerprint density at radius 3 is 2.50 bits per heavy atom. The lowest BCUT2D eigenvalue weighted by molar-refractivity contribution is -0.140. The first-order chi connectivity index (χ1) is 7.33.